The van der Waals surface area contributed by atoms with E-state index >= 15 is 0 Å². The van der Waals surface area contributed by atoms with Crippen molar-refractivity contribution >= 4 is 44.7 Å². The number of allylic oxidation sites excluding steroid dienone is 5. The van der Waals surface area contributed by atoms with Crippen LogP contribution in [0.5, 0.6) is 0 Å². The normalized spacial score (nSPS) is 24.5. The van der Waals surface area contributed by atoms with Crippen LogP contribution in [0.4, 0.5) is 0 Å². The Kier molecular flexibility index (Phi) is 12.9. The van der Waals surface area contributed by atoms with Gasteiger partial charge in [0.05, 0.1) is 0 Å². The fourth-order valence-corrected chi connectivity index (χ4v) is 14.3. The summed E-state index contributed by atoms with van der Waals surface area (Å²) in [5.74, 6) is 3.26. The molecule has 0 radical (unpaired) electrons. The number of hydrogen-bond donors (Lipinski definition) is 0. The van der Waals surface area contributed by atoms with Crippen LogP contribution in [-0.4, -0.2) is 49.8 Å². The minimum atomic E-state index is -2.47. The molecule has 7 heteroatoms. The van der Waals surface area contributed by atoms with Crippen molar-refractivity contribution in [3.8, 4) is 0 Å². The summed E-state index contributed by atoms with van der Waals surface area (Å²) in [5.41, 5.74) is 0.604. The molecule has 4 unspecified atom stereocenters. The quantitative estimate of drug-likeness (QED) is 0.118. The minimum absolute atomic E-state index is 0. The Labute approximate surface area is 270 Å². The summed E-state index contributed by atoms with van der Waals surface area (Å²) in [6.07, 6.45) is 20.6. The average molecular weight is 660 g/mol. The van der Waals surface area contributed by atoms with Crippen LogP contribution >= 0.6 is 20.1 Å². The molecule has 2 aliphatic carbocycles. The monoisotopic (exact) mass is 658 g/mol. The zero-order chi connectivity index (χ0) is 28.5. The van der Waals surface area contributed by atoms with Crippen LogP contribution in [0.1, 0.15) is 44.9 Å². The molecular formula is C35H46Cl2CrN3Si-. The second kappa shape index (κ2) is 16.4. The second-order valence-electron chi connectivity index (χ2n) is 11.7. The molecule has 42 heavy (non-hydrogen) atoms. The summed E-state index contributed by atoms with van der Waals surface area (Å²) in [7, 11) is 7.19. The maximum absolute atomic E-state index is 5.28. The molecule has 1 saturated carbocycles. The summed E-state index contributed by atoms with van der Waals surface area (Å²) >= 11 is -0.181. The molecule has 0 bridgehead atoms. The first-order valence-electron chi connectivity index (χ1n) is 15.3. The molecule has 2 aromatic rings. The number of nitrogens with zero attached hydrogens (tertiary/aromatic N) is 3. The van der Waals surface area contributed by atoms with Crippen LogP contribution < -0.4 is 10.4 Å². The molecule has 2 fully saturated rings. The van der Waals surface area contributed by atoms with Crippen LogP contribution in [0.2, 0.25) is 5.54 Å². The molecule has 2 aliphatic heterocycles. The first kappa shape index (κ1) is 33.2. The molecule has 4 aliphatic rings. The Morgan fingerprint density at radius 3 is 2.14 bits per heavy atom. The van der Waals surface area contributed by atoms with Crippen molar-refractivity contribution in [3.63, 3.8) is 0 Å². The Morgan fingerprint density at radius 1 is 0.881 bits per heavy atom. The van der Waals surface area contributed by atoms with E-state index in [-0.39, 0.29) is 20.8 Å². The number of aliphatic imine (C=N–C) groups is 1. The van der Waals surface area contributed by atoms with Crippen LogP contribution in [0, 0.1) is 25.2 Å². The van der Waals surface area contributed by atoms with Crippen molar-refractivity contribution in [1.82, 2.24) is 9.47 Å². The van der Waals surface area contributed by atoms with Gasteiger partial charge in [0.25, 0.3) is 0 Å². The van der Waals surface area contributed by atoms with Crippen molar-refractivity contribution in [3.05, 3.63) is 105 Å². The van der Waals surface area contributed by atoms with E-state index in [4.69, 9.17) is 25.1 Å². The fourth-order valence-electron chi connectivity index (χ4n) is 8.06. The number of unbranched alkanes of at least 4 members (excludes halogenated alkanes) is 2. The maximum atomic E-state index is 5.28. The van der Waals surface area contributed by atoms with Gasteiger partial charge in [-0.05, 0) is 72.2 Å². The van der Waals surface area contributed by atoms with E-state index in [0.29, 0.717) is 17.4 Å². The van der Waals surface area contributed by atoms with Gasteiger partial charge in [-0.25, -0.2) is 0 Å². The predicted octanol–water partition coefficient (Wildman–Crippen LogP) is 7.84. The third-order valence-electron chi connectivity index (χ3n) is 9.58. The SMILES string of the molecule is C=CCCCCC1CC([Si](c2ccccc2)(c2ccccc2)N2CCCN3CCCN=C32)C2C=CC=CC12.[CH3-].[Cl][Cr][Cl]. The fraction of sp³-hybridized carbons (Fsp3) is 0.429. The number of benzene rings is 2. The van der Waals surface area contributed by atoms with Crippen LogP contribution in [0.3, 0.4) is 0 Å². The van der Waals surface area contributed by atoms with Gasteiger partial charge < -0.3 is 16.9 Å². The molecule has 0 amide bonds. The summed E-state index contributed by atoms with van der Waals surface area (Å²) < 4.78 is 2.90. The van der Waals surface area contributed by atoms with Gasteiger partial charge in [-0.15, -0.1) is 6.58 Å². The molecule has 1 saturated heterocycles. The molecular weight excluding hydrogens is 613 g/mol. The van der Waals surface area contributed by atoms with E-state index in [0.717, 1.165) is 38.5 Å². The molecule has 226 valence electrons. The summed E-state index contributed by atoms with van der Waals surface area (Å²) in [6, 6.07) is 23.3. The average Bonchev–Trinajstić information content (AvgIpc) is 3.40. The van der Waals surface area contributed by atoms with E-state index in [2.05, 4.69) is 107 Å². The van der Waals surface area contributed by atoms with Crippen molar-refractivity contribution in [2.75, 3.05) is 26.2 Å². The molecule has 2 aromatic carbocycles. The molecule has 0 spiro atoms. The zero-order valence-electron chi connectivity index (χ0n) is 25.0. The van der Waals surface area contributed by atoms with Gasteiger partial charge in [0.1, 0.15) is 0 Å². The second-order valence-corrected chi connectivity index (χ2v) is 17.8. The van der Waals surface area contributed by atoms with Gasteiger partial charge in [-0.3, -0.25) is 4.99 Å². The van der Waals surface area contributed by atoms with Gasteiger partial charge in [0.15, 0.2) is 5.96 Å². The third kappa shape index (κ3) is 6.82. The Balaban J connectivity index is 0.000000972. The van der Waals surface area contributed by atoms with E-state index in [1.54, 1.807) is 10.4 Å². The van der Waals surface area contributed by atoms with Crippen molar-refractivity contribution in [1.29, 1.82) is 0 Å². The van der Waals surface area contributed by atoms with Crippen molar-refractivity contribution in [2.24, 2.45) is 22.7 Å². The summed E-state index contributed by atoms with van der Waals surface area (Å²) in [6.45, 7) is 8.33. The van der Waals surface area contributed by atoms with Crippen molar-refractivity contribution < 1.29 is 13.4 Å². The molecule has 3 nitrogen and oxygen atoms in total. The standard InChI is InChI=1S/C34H43N3Si.CH3.2ClH.Cr/c1-2-3-4-7-16-28-27-33(32-22-13-12-21-31(28)32)38(29-17-8-5-9-18-29,30-19-10-6-11-20-30)37-26-15-25-36-24-14-23-35-34(36)37;;;;/h2,5-6,8-13,17-22,28,31-33H,1,3-4,7,14-16,23-27H2;1H3;2*1H;/q;-1;;;+2/p-2. The zero-order valence-corrected chi connectivity index (χ0v) is 28.7. The van der Waals surface area contributed by atoms with Crippen LogP contribution in [0.25, 0.3) is 0 Å². The van der Waals surface area contributed by atoms with Gasteiger partial charge in [0.2, 0.25) is 8.24 Å². The molecule has 0 aromatic heterocycles. The van der Waals surface area contributed by atoms with Crippen molar-refractivity contribution in [2.45, 2.75) is 50.5 Å². The first-order chi connectivity index (χ1) is 20.2. The molecule has 0 N–H and O–H groups in total. The van der Waals surface area contributed by atoms with Gasteiger partial charge in [-0.1, -0.05) is 97.5 Å². The summed E-state index contributed by atoms with van der Waals surface area (Å²) in [4.78, 5) is 7.88. The Bertz CT molecular complexity index is 1170. The van der Waals surface area contributed by atoms with E-state index < -0.39 is 8.24 Å². The van der Waals surface area contributed by atoms with E-state index in [1.807, 2.05) is 0 Å². The van der Waals surface area contributed by atoms with Crippen LogP contribution in [0.15, 0.2) is 103 Å². The molecule has 2 heterocycles. The number of guanidine groups is 1. The van der Waals surface area contributed by atoms with Crippen LogP contribution in [-0.2, 0) is 13.4 Å². The first-order valence-corrected chi connectivity index (χ1v) is 20.8. The number of fused-ring (bicyclic) bond motifs is 2. The van der Waals surface area contributed by atoms with Gasteiger partial charge in [-0.2, -0.15) is 0 Å². The Morgan fingerprint density at radius 2 is 1.50 bits per heavy atom. The molecule has 4 atom stereocenters. The number of rotatable bonds is 9. The molecule has 6 rings (SSSR count). The summed E-state index contributed by atoms with van der Waals surface area (Å²) in [5, 5.41) is 3.11. The Hall–Kier alpha value is -1.74. The third-order valence-corrected chi connectivity index (χ3v) is 15.0. The number of halogens is 2. The van der Waals surface area contributed by atoms with Gasteiger partial charge >= 0.3 is 33.5 Å². The van der Waals surface area contributed by atoms with Gasteiger partial charge in [0, 0.05) is 26.2 Å². The van der Waals surface area contributed by atoms with E-state index in [9.17, 15) is 0 Å². The van der Waals surface area contributed by atoms with E-state index in [1.165, 1.54) is 44.5 Å². The predicted molar refractivity (Wildman–Crippen MR) is 182 cm³/mol. The topological polar surface area (TPSA) is 18.8 Å². The number of hydrogen-bond acceptors (Lipinski definition) is 3.